The summed E-state index contributed by atoms with van der Waals surface area (Å²) in [6.45, 7) is 2.30. The van der Waals surface area contributed by atoms with Gasteiger partial charge in [0.2, 0.25) is 5.91 Å². The van der Waals surface area contributed by atoms with E-state index in [1.54, 1.807) is 35.8 Å². The van der Waals surface area contributed by atoms with Gasteiger partial charge >= 0.3 is 0 Å². The van der Waals surface area contributed by atoms with Gasteiger partial charge in [0.05, 0.1) is 6.20 Å². The van der Waals surface area contributed by atoms with Crippen LogP contribution in [0, 0.1) is 5.82 Å². The van der Waals surface area contributed by atoms with Crippen molar-refractivity contribution in [1.29, 1.82) is 0 Å². The van der Waals surface area contributed by atoms with E-state index in [2.05, 4.69) is 20.7 Å². The summed E-state index contributed by atoms with van der Waals surface area (Å²) in [5, 5.41) is 10.3. The van der Waals surface area contributed by atoms with E-state index < -0.39 is 0 Å². The number of benzene rings is 1. The highest BCUT2D eigenvalue weighted by Gasteiger charge is 2.08. The van der Waals surface area contributed by atoms with Gasteiger partial charge < -0.3 is 10.6 Å². The zero-order valence-corrected chi connectivity index (χ0v) is 12.6. The van der Waals surface area contributed by atoms with Crippen LogP contribution in [-0.4, -0.2) is 20.5 Å². The molecule has 0 aliphatic carbocycles. The van der Waals surface area contributed by atoms with Gasteiger partial charge in [-0.3, -0.25) is 4.79 Å². The maximum absolute atomic E-state index is 12.9. The Labute approximate surface area is 132 Å². The van der Waals surface area contributed by atoms with E-state index >= 15 is 0 Å². The van der Waals surface area contributed by atoms with Gasteiger partial charge in [-0.05, 0) is 29.8 Å². The van der Waals surface area contributed by atoms with E-state index in [0.29, 0.717) is 30.2 Å². The molecule has 6 nitrogen and oxygen atoms in total. The summed E-state index contributed by atoms with van der Waals surface area (Å²) in [7, 11) is 0. The Morgan fingerprint density at radius 3 is 2.74 bits per heavy atom. The number of nitrogens with one attached hydrogen (secondary N) is 2. The van der Waals surface area contributed by atoms with Gasteiger partial charge in [-0.1, -0.05) is 19.1 Å². The first-order valence-electron chi connectivity index (χ1n) is 7.28. The normalized spacial score (nSPS) is 10.7. The smallest absolute Gasteiger partial charge is 0.225 e. The lowest BCUT2D eigenvalue weighted by Crippen LogP contribution is -2.12. The molecule has 23 heavy (non-hydrogen) atoms. The highest BCUT2D eigenvalue weighted by Crippen LogP contribution is 2.14. The van der Waals surface area contributed by atoms with Crippen LogP contribution < -0.4 is 10.6 Å². The molecule has 0 bridgehead atoms. The molecule has 0 aliphatic rings. The van der Waals surface area contributed by atoms with E-state index in [4.69, 9.17) is 0 Å². The Hall–Kier alpha value is -2.96. The number of amides is 1. The maximum Gasteiger partial charge on any atom is 0.225 e. The monoisotopic (exact) mass is 313 g/mol. The number of carbonyl (C=O) groups is 1. The second kappa shape index (κ2) is 6.43. The highest BCUT2D eigenvalue weighted by atomic mass is 19.1. The average molecular weight is 313 g/mol. The number of imidazole rings is 1. The highest BCUT2D eigenvalue weighted by molar-refractivity contribution is 5.89. The number of halogens is 1. The molecule has 0 aliphatic heterocycles. The number of nitrogens with zero attached hydrogens (tertiary/aromatic N) is 3. The summed E-state index contributed by atoms with van der Waals surface area (Å²) in [5.41, 5.74) is 1.59. The Bertz CT molecular complexity index is 828. The van der Waals surface area contributed by atoms with Crippen molar-refractivity contribution < 1.29 is 9.18 Å². The summed E-state index contributed by atoms with van der Waals surface area (Å²) >= 11 is 0. The van der Waals surface area contributed by atoms with Crippen molar-refractivity contribution in [2.45, 2.75) is 19.9 Å². The molecule has 118 valence electrons. The van der Waals surface area contributed by atoms with Gasteiger partial charge in [0.15, 0.2) is 11.5 Å². The predicted octanol–water partition coefficient (Wildman–Crippen LogP) is 2.83. The minimum atomic E-state index is -0.261. The van der Waals surface area contributed by atoms with Crippen LogP contribution in [0.1, 0.15) is 18.9 Å². The van der Waals surface area contributed by atoms with Crippen molar-refractivity contribution in [2.75, 3.05) is 10.6 Å². The molecular formula is C16H16FN5O. The van der Waals surface area contributed by atoms with Gasteiger partial charge in [-0.25, -0.2) is 9.37 Å². The molecule has 3 aromatic rings. The van der Waals surface area contributed by atoms with Crippen LogP contribution in [0.25, 0.3) is 5.65 Å². The third-order valence-corrected chi connectivity index (χ3v) is 3.34. The maximum atomic E-state index is 12.9. The number of aromatic nitrogens is 3. The first kappa shape index (κ1) is 15.0. The van der Waals surface area contributed by atoms with Crippen molar-refractivity contribution in [1.82, 2.24) is 14.6 Å². The summed E-state index contributed by atoms with van der Waals surface area (Å²) in [4.78, 5) is 15.7. The molecule has 1 amide bonds. The van der Waals surface area contributed by atoms with Gasteiger partial charge in [0.1, 0.15) is 11.6 Å². The molecule has 2 N–H and O–H groups in total. The van der Waals surface area contributed by atoms with Gasteiger partial charge in [0.25, 0.3) is 0 Å². The number of hydrogen-bond donors (Lipinski definition) is 2. The van der Waals surface area contributed by atoms with Crippen LogP contribution in [0.4, 0.5) is 16.0 Å². The van der Waals surface area contributed by atoms with Crippen molar-refractivity contribution in [2.24, 2.45) is 0 Å². The number of hydrogen-bond acceptors (Lipinski definition) is 4. The summed E-state index contributed by atoms with van der Waals surface area (Å²) in [6, 6.07) is 9.87. The average Bonchev–Trinajstić information content (AvgIpc) is 2.96. The van der Waals surface area contributed by atoms with Crippen LogP contribution in [-0.2, 0) is 11.3 Å². The topological polar surface area (TPSA) is 71.3 Å². The zero-order chi connectivity index (χ0) is 16.2. The predicted molar refractivity (Wildman–Crippen MR) is 85.6 cm³/mol. The molecule has 2 aromatic heterocycles. The van der Waals surface area contributed by atoms with Crippen molar-refractivity contribution in [3.8, 4) is 0 Å². The van der Waals surface area contributed by atoms with E-state index in [9.17, 15) is 9.18 Å². The van der Waals surface area contributed by atoms with E-state index in [0.717, 1.165) is 5.56 Å². The zero-order valence-electron chi connectivity index (χ0n) is 12.6. The van der Waals surface area contributed by atoms with Crippen molar-refractivity contribution in [3.05, 3.63) is 54.0 Å². The lowest BCUT2D eigenvalue weighted by Gasteiger charge is -2.07. The molecule has 0 fully saturated rings. The van der Waals surface area contributed by atoms with Crippen LogP contribution in [0.3, 0.4) is 0 Å². The SMILES string of the molecule is CCC(=O)Nc1cnc2ccc(NCc3ccc(F)cc3)nn12. The third kappa shape index (κ3) is 3.45. The molecule has 0 atom stereocenters. The fourth-order valence-electron chi connectivity index (χ4n) is 2.08. The molecule has 0 spiro atoms. The second-order valence-electron chi connectivity index (χ2n) is 5.01. The minimum Gasteiger partial charge on any atom is -0.365 e. The van der Waals surface area contributed by atoms with E-state index in [1.807, 2.05) is 6.07 Å². The number of rotatable bonds is 5. The number of anilines is 2. The second-order valence-corrected chi connectivity index (χ2v) is 5.01. The van der Waals surface area contributed by atoms with Crippen molar-refractivity contribution in [3.63, 3.8) is 0 Å². The fourth-order valence-corrected chi connectivity index (χ4v) is 2.08. The molecule has 7 heteroatoms. The van der Waals surface area contributed by atoms with Crippen LogP contribution in [0.5, 0.6) is 0 Å². The molecule has 0 radical (unpaired) electrons. The van der Waals surface area contributed by atoms with E-state index in [1.165, 1.54) is 12.1 Å². The van der Waals surface area contributed by atoms with Gasteiger partial charge in [0, 0.05) is 13.0 Å². The Kier molecular flexibility index (Phi) is 4.18. The minimum absolute atomic E-state index is 0.0988. The molecule has 1 aromatic carbocycles. The fraction of sp³-hybridized carbons (Fsp3) is 0.188. The Balaban J connectivity index is 1.77. The summed E-state index contributed by atoms with van der Waals surface area (Å²) < 4.78 is 14.5. The molecule has 0 saturated carbocycles. The van der Waals surface area contributed by atoms with Gasteiger partial charge in [-0.2, -0.15) is 4.52 Å². The number of fused-ring (bicyclic) bond motifs is 1. The van der Waals surface area contributed by atoms with Crippen LogP contribution in [0.15, 0.2) is 42.6 Å². The Morgan fingerprint density at radius 2 is 2.00 bits per heavy atom. The molecule has 0 saturated heterocycles. The first-order chi connectivity index (χ1) is 11.2. The van der Waals surface area contributed by atoms with Crippen LogP contribution >= 0.6 is 0 Å². The standard InChI is InChI=1S/C16H16FN5O/c1-2-16(23)20-15-10-19-14-8-7-13(21-22(14)15)18-9-11-3-5-12(17)6-4-11/h3-8,10H,2,9H2,1H3,(H,18,21)(H,20,23). The summed E-state index contributed by atoms with van der Waals surface area (Å²) in [5.74, 6) is 0.797. The molecule has 2 heterocycles. The number of carbonyl (C=O) groups excluding carboxylic acids is 1. The van der Waals surface area contributed by atoms with Crippen LogP contribution in [0.2, 0.25) is 0 Å². The molecule has 0 unspecified atom stereocenters. The quantitative estimate of drug-likeness (QED) is 0.760. The summed E-state index contributed by atoms with van der Waals surface area (Å²) in [6.07, 6.45) is 1.95. The largest absolute Gasteiger partial charge is 0.365 e. The van der Waals surface area contributed by atoms with E-state index in [-0.39, 0.29) is 11.7 Å². The first-order valence-corrected chi connectivity index (χ1v) is 7.28. The molecule has 3 rings (SSSR count). The van der Waals surface area contributed by atoms with Gasteiger partial charge in [-0.15, -0.1) is 5.10 Å². The van der Waals surface area contributed by atoms with Crippen molar-refractivity contribution >= 4 is 23.2 Å². The third-order valence-electron chi connectivity index (χ3n) is 3.34. The lowest BCUT2D eigenvalue weighted by molar-refractivity contribution is -0.115. The molecular weight excluding hydrogens is 297 g/mol. The Morgan fingerprint density at radius 1 is 1.22 bits per heavy atom. The lowest BCUT2D eigenvalue weighted by atomic mass is 10.2.